The van der Waals surface area contributed by atoms with E-state index in [4.69, 9.17) is 27.9 Å². The minimum absolute atomic E-state index is 0.256. The van der Waals surface area contributed by atoms with Gasteiger partial charge in [-0.2, -0.15) is 0 Å². The van der Waals surface area contributed by atoms with Crippen molar-refractivity contribution in [3.8, 4) is 5.75 Å². The molecule has 0 aromatic heterocycles. The summed E-state index contributed by atoms with van der Waals surface area (Å²) < 4.78 is 5.82. The largest absolute Gasteiger partial charge is 0.492 e. The fourth-order valence-corrected chi connectivity index (χ4v) is 2.36. The summed E-state index contributed by atoms with van der Waals surface area (Å²) in [6, 6.07) is 15.6. The molecule has 2 rings (SSSR count). The van der Waals surface area contributed by atoms with E-state index >= 15 is 0 Å². The molecule has 21 heavy (non-hydrogen) atoms. The Hall–Kier alpha value is -1.22. The van der Waals surface area contributed by atoms with Crippen LogP contribution in [-0.4, -0.2) is 19.2 Å². The fourth-order valence-electron chi connectivity index (χ4n) is 2.11. The third kappa shape index (κ3) is 5.58. The molecule has 2 nitrogen and oxygen atoms in total. The summed E-state index contributed by atoms with van der Waals surface area (Å²) in [6.45, 7) is 3.61. The maximum absolute atomic E-state index is 5.91. The van der Waals surface area contributed by atoms with Gasteiger partial charge in [0.15, 0.2) is 0 Å². The van der Waals surface area contributed by atoms with Crippen molar-refractivity contribution in [2.45, 2.75) is 19.4 Å². The summed E-state index contributed by atoms with van der Waals surface area (Å²) in [5.74, 6) is 0.832. The van der Waals surface area contributed by atoms with Gasteiger partial charge in [0.25, 0.3) is 0 Å². The molecule has 0 spiro atoms. The molecule has 0 aliphatic heterocycles. The van der Waals surface area contributed by atoms with Crippen molar-refractivity contribution in [2.24, 2.45) is 0 Å². The molecule has 0 heterocycles. The van der Waals surface area contributed by atoms with Crippen molar-refractivity contribution in [1.29, 1.82) is 0 Å². The number of hydrogen-bond acceptors (Lipinski definition) is 2. The van der Waals surface area contributed by atoms with Gasteiger partial charge < -0.3 is 10.1 Å². The first-order valence-electron chi connectivity index (χ1n) is 7.03. The number of likely N-dealkylation sites (N-methyl/N-ethyl adjacent to an activating group) is 1. The first-order valence-corrected chi connectivity index (χ1v) is 7.79. The molecule has 0 saturated carbocycles. The lowest BCUT2D eigenvalue weighted by Gasteiger charge is -2.19. The molecule has 2 aromatic carbocycles. The van der Waals surface area contributed by atoms with Gasteiger partial charge in [-0.3, -0.25) is 0 Å². The number of nitrogens with one attached hydrogen (secondary N) is 1. The predicted molar refractivity (Wildman–Crippen MR) is 89.6 cm³/mol. The monoisotopic (exact) mass is 323 g/mol. The molecular weight excluding hydrogens is 305 g/mol. The van der Waals surface area contributed by atoms with E-state index < -0.39 is 0 Å². The standard InChI is InChI=1S/C17H19Cl2NO/c1-2-20-16(11-13-3-5-14(18)6-4-13)12-21-17-9-7-15(19)8-10-17/h3-10,16,20H,2,11-12H2,1H3. The van der Waals surface area contributed by atoms with Crippen LogP contribution in [-0.2, 0) is 6.42 Å². The Morgan fingerprint density at radius 1 is 0.952 bits per heavy atom. The minimum atomic E-state index is 0.256. The zero-order valence-corrected chi connectivity index (χ0v) is 13.5. The maximum Gasteiger partial charge on any atom is 0.119 e. The van der Waals surface area contributed by atoms with E-state index in [0.717, 1.165) is 23.7 Å². The van der Waals surface area contributed by atoms with Crippen LogP contribution in [0.3, 0.4) is 0 Å². The molecule has 0 bridgehead atoms. The van der Waals surface area contributed by atoms with E-state index in [9.17, 15) is 0 Å². The van der Waals surface area contributed by atoms with Crippen LogP contribution < -0.4 is 10.1 Å². The van der Waals surface area contributed by atoms with Gasteiger partial charge in [-0.1, -0.05) is 42.3 Å². The smallest absolute Gasteiger partial charge is 0.119 e. The number of benzene rings is 2. The average molecular weight is 324 g/mol. The molecule has 0 radical (unpaired) electrons. The van der Waals surface area contributed by atoms with Gasteiger partial charge in [0.05, 0.1) is 0 Å². The number of hydrogen-bond donors (Lipinski definition) is 1. The fraction of sp³-hybridized carbons (Fsp3) is 0.294. The van der Waals surface area contributed by atoms with E-state index in [2.05, 4.69) is 24.4 Å². The van der Waals surface area contributed by atoms with Gasteiger partial charge in [0.1, 0.15) is 12.4 Å². The summed E-state index contributed by atoms with van der Waals surface area (Å²) in [4.78, 5) is 0. The summed E-state index contributed by atoms with van der Waals surface area (Å²) in [7, 11) is 0. The molecule has 0 saturated heterocycles. The highest BCUT2D eigenvalue weighted by molar-refractivity contribution is 6.30. The summed E-state index contributed by atoms with van der Waals surface area (Å²) in [5.41, 5.74) is 1.24. The number of rotatable bonds is 7. The molecule has 0 fully saturated rings. The molecule has 1 unspecified atom stereocenters. The van der Waals surface area contributed by atoms with Crippen LogP contribution in [0.15, 0.2) is 48.5 Å². The lowest BCUT2D eigenvalue weighted by Crippen LogP contribution is -2.36. The van der Waals surface area contributed by atoms with Gasteiger partial charge in [0.2, 0.25) is 0 Å². The molecule has 1 N–H and O–H groups in total. The molecule has 0 aliphatic rings. The van der Waals surface area contributed by atoms with Crippen molar-refractivity contribution in [2.75, 3.05) is 13.2 Å². The highest BCUT2D eigenvalue weighted by Gasteiger charge is 2.09. The van der Waals surface area contributed by atoms with Crippen molar-refractivity contribution in [3.05, 3.63) is 64.1 Å². The van der Waals surface area contributed by atoms with Gasteiger partial charge in [-0.05, 0) is 54.9 Å². The van der Waals surface area contributed by atoms with E-state index in [-0.39, 0.29) is 6.04 Å². The van der Waals surface area contributed by atoms with Crippen LogP contribution in [0.4, 0.5) is 0 Å². The Labute approximate surface area is 136 Å². The summed E-state index contributed by atoms with van der Waals surface area (Å²) >= 11 is 11.8. The Bertz CT molecular complexity index is 540. The summed E-state index contributed by atoms with van der Waals surface area (Å²) in [5, 5.41) is 4.92. The van der Waals surface area contributed by atoms with Crippen LogP contribution in [0.5, 0.6) is 5.75 Å². The van der Waals surface area contributed by atoms with Crippen molar-refractivity contribution < 1.29 is 4.74 Å². The van der Waals surface area contributed by atoms with Crippen LogP contribution in [0.25, 0.3) is 0 Å². The Balaban J connectivity index is 1.92. The van der Waals surface area contributed by atoms with Crippen molar-refractivity contribution in [3.63, 3.8) is 0 Å². The van der Waals surface area contributed by atoms with Crippen LogP contribution in [0.1, 0.15) is 12.5 Å². The number of ether oxygens (including phenoxy) is 1. The Morgan fingerprint density at radius 2 is 1.52 bits per heavy atom. The molecule has 0 aliphatic carbocycles. The van der Waals surface area contributed by atoms with E-state index in [1.54, 1.807) is 0 Å². The third-order valence-corrected chi connectivity index (χ3v) is 3.66. The highest BCUT2D eigenvalue weighted by Crippen LogP contribution is 2.16. The highest BCUT2D eigenvalue weighted by atomic mass is 35.5. The second kappa shape index (κ2) is 8.28. The second-order valence-electron chi connectivity index (χ2n) is 4.85. The van der Waals surface area contributed by atoms with Crippen LogP contribution in [0, 0.1) is 0 Å². The molecule has 2 aromatic rings. The first-order chi connectivity index (χ1) is 10.2. The molecule has 1 atom stereocenters. The molecule has 0 amide bonds. The van der Waals surface area contributed by atoms with Gasteiger partial charge in [-0.15, -0.1) is 0 Å². The van der Waals surface area contributed by atoms with Crippen molar-refractivity contribution in [1.82, 2.24) is 5.32 Å². The predicted octanol–water partition coefficient (Wildman–Crippen LogP) is 4.59. The lowest BCUT2D eigenvalue weighted by molar-refractivity contribution is 0.265. The molecule has 112 valence electrons. The van der Waals surface area contributed by atoms with E-state index in [0.29, 0.717) is 11.6 Å². The SMILES string of the molecule is CCNC(COc1ccc(Cl)cc1)Cc1ccc(Cl)cc1. The van der Waals surface area contributed by atoms with E-state index in [1.807, 2.05) is 36.4 Å². The lowest BCUT2D eigenvalue weighted by atomic mass is 10.1. The average Bonchev–Trinajstić information content (AvgIpc) is 2.49. The van der Waals surface area contributed by atoms with Gasteiger partial charge in [-0.25, -0.2) is 0 Å². The summed E-state index contributed by atoms with van der Waals surface area (Å²) in [6.07, 6.45) is 0.901. The van der Waals surface area contributed by atoms with Crippen LogP contribution >= 0.6 is 23.2 Å². The minimum Gasteiger partial charge on any atom is -0.492 e. The molecule has 4 heteroatoms. The zero-order valence-electron chi connectivity index (χ0n) is 12.0. The van der Waals surface area contributed by atoms with Crippen LogP contribution in [0.2, 0.25) is 10.0 Å². The topological polar surface area (TPSA) is 21.3 Å². The quantitative estimate of drug-likeness (QED) is 0.804. The van der Waals surface area contributed by atoms with Gasteiger partial charge >= 0.3 is 0 Å². The Kier molecular flexibility index (Phi) is 6.37. The maximum atomic E-state index is 5.91. The van der Waals surface area contributed by atoms with Gasteiger partial charge in [0, 0.05) is 16.1 Å². The first kappa shape index (κ1) is 16.2. The second-order valence-corrected chi connectivity index (χ2v) is 5.72. The zero-order chi connectivity index (χ0) is 15.1. The third-order valence-electron chi connectivity index (χ3n) is 3.15. The van der Waals surface area contributed by atoms with E-state index in [1.165, 1.54) is 5.56 Å². The normalized spacial score (nSPS) is 12.1. The Morgan fingerprint density at radius 3 is 2.10 bits per heavy atom. The van der Waals surface area contributed by atoms with Crippen molar-refractivity contribution >= 4 is 23.2 Å². The number of halogens is 2. The molecular formula is C17H19Cl2NO.